The van der Waals surface area contributed by atoms with E-state index in [0.717, 1.165) is 16.9 Å². The molecule has 0 aliphatic carbocycles. The number of nitriles is 2. The third-order valence-corrected chi connectivity index (χ3v) is 6.45. The van der Waals surface area contributed by atoms with Gasteiger partial charge in [-0.15, -0.1) is 11.3 Å². The zero-order valence-corrected chi connectivity index (χ0v) is 18.1. The molecular weight excluding hydrogens is 424 g/mol. The summed E-state index contributed by atoms with van der Waals surface area (Å²) in [5.74, 6) is -0.554. The molecule has 158 valence electrons. The fourth-order valence-corrected chi connectivity index (χ4v) is 4.94. The van der Waals surface area contributed by atoms with Gasteiger partial charge in [0.05, 0.1) is 36.5 Å². The maximum Gasteiger partial charge on any atom is 0.274 e. The van der Waals surface area contributed by atoms with E-state index in [2.05, 4.69) is 12.1 Å². The molecule has 1 N–H and O–H groups in total. The molecule has 1 aliphatic rings. The average Bonchev–Trinajstić information content (AvgIpc) is 3.15. The second-order valence-corrected chi connectivity index (χ2v) is 8.14. The van der Waals surface area contributed by atoms with Crippen molar-refractivity contribution in [3.63, 3.8) is 0 Å². The summed E-state index contributed by atoms with van der Waals surface area (Å²) >= 11 is 1.14. The lowest BCUT2D eigenvalue weighted by molar-refractivity contribution is 0.414. The highest BCUT2D eigenvalue weighted by molar-refractivity contribution is 7.07. The standard InChI is InChI=1S/C24H18N4O3S/c1-30-16-7-3-5-14(9-16)10-20-23(29)28-22(27)18(12-25)21(19(13-26)24(28)32-20)15-6-4-8-17(11-15)31-2/h3-11,18,21,27H,1-2H3. The molecule has 32 heavy (non-hydrogen) atoms. The summed E-state index contributed by atoms with van der Waals surface area (Å²) in [6.07, 6.45) is 1.70. The SMILES string of the molecule is COc1cccc(C=c2sc3n(c2=O)C(=N)C(C#N)C(c2cccc(OC)c2)C=3C#N)c1. The molecular formula is C24H18N4O3S. The van der Waals surface area contributed by atoms with Gasteiger partial charge in [-0.1, -0.05) is 24.3 Å². The van der Waals surface area contributed by atoms with E-state index in [9.17, 15) is 15.3 Å². The molecule has 0 amide bonds. The third kappa shape index (κ3) is 3.47. The number of benzene rings is 2. The fraction of sp³-hybridized carbons (Fsp3) is 0.167. The minimum absolute atomic E-state index is 0.138. The summed E-state index contributed by atoms with van der Waals surface area (Å²) < 4.78 is 12.5. The van der Waals surface area contributed by atoms with Crippen molar-refractivity contribution in [2.75, 3.05) is 14.2 Å². The number of aromatic nitrogens is 1. The number of fused-ring (bicyclic) bond motifs is 1. The van der Waals surface area contributed by atoms with Crippen LogP contribution in [0.4, 0.5) is 0 Å². The van der Waals surface area contributed by atoms with Crippen LogP contribution in [-0.2, 0) is 0 Å². The number of ether oxygens (including phenoxy) is 2. The van der Waals surface area contributed by atoms with E-state index in [1.807, 2.05) is 12.1 Å². The summed E-state index contributed by atoms with van der Waals surface area (Å²) in [5.41, 5.74) is 1.30. The van der Waals surface area contributed by atoms with E-state index in [-0.39, 0.29) is 11.4 Å². The van der Waals surface area contributed by atoms with Crippen LogP contribution in [0.3, 0.4) is 0 Å². The quantitative estimate of drug-likeness (QED) is 0.666. The van der Waals surface area contributed by atoms with Gasteiger partial charge in [-0.05, 0) is 41.5 Å². The Hall–Kier alpha value is -4.14. The van der Waals surface area contributed by atoms with E-state index < -0.39 is 17.4 Å². The number of nitrogens with one attached hydrogen (secondary N) is 1. The van der Waals surface area contributed by atoms with Crippen LogP contribution in [0.1, 0.15) is 17.0 Å². The molecule has 2 heterocycles. The Bertz CT molecular complexity index is 1490. The number of methoxy groups -OCH3 is 2. The minimum Gasteiger partial charge on any atom is -0.497 e. The summed E-state index contributed by atoms with van der Waals surface area (Å²) in [4.78, 5) is 13.2. The first-order valence-corrected chi connectivity index (χ1v) is 10.5. The molecule has 7 nitrogen and oxygen atoms in total. The number of thiazole rings is 1. The third-order valence-electron chi connectivity index (χ3n) is 5.34. The van der Waals surface area contributed by atoms with Gasteiger partial charge < -0.3 is 9.47 Å². The number of nitrogens with zero attached hydrogens (tertiary/aromatic N) is 3. The van der Waals surface area contributed by atoms with E-state index >= 15 is 0 Å². The van der Waals surface area contributed by atoms with E-state index in [4.69, 9.17) is 14.9 Å². The molecule has 2 aromatic carbocycles. The molecule has 0 fully saturated rings. The van der Waals surface area contributed by atoms with Crippen molar-refractivity contribution in [1.29, 1.82) is 15.9 Å². The van der Waals surface area contributed by atoms with Crippen LogP contribution in [0.25, 0.3) is 11.6 Å². The molecule has 8 heteroatoms. The van der Waals surface area contributed by atoms with Crippen molar-refractivity contribution < 1.29 is 9.47 Å². The molecule has 0 radical (unpaired) electrons. The van der Waals surface area contributed by atoms with E-state index in [1.54, 1.807) is 49.6 Å². The first kappa shape index (κ1) is 21.1. The number of hydrogen-bond acceptors (Lipinski definition) is 7. The molecule has 4 rings (SSSR count). The van der Waals surface area contributed by atoms with Crippen LogP contribution in [0.2, 0.25) is 0 Å². The lowest BCUT2D eigenvalue weighted by Gasteiger charge is -2.26. The highest BCUT2D eigenvalue weighted by Gasteiger charge is 2.38. The zero-order valence-electron chi connectivity index (χ0n) is 17.3. The summed E-state index contributed by atoms with van der Waals surface area (Å²) in [6.45, 7) is 0. The average molecular weight is 443 g/mol. The number of rotatable bonds is 4. The van der Waals surface area contributed by atoms with Gasteiger partial charge in [0.1, 0.15) is 27.9 Å². The molecule has 0 saturated carbocycles. The van der Waals surface area contributed by atoms with Gasteiger partial charge in [-0.3, -0.25) is 14.8 Å². The predicted molar refractivity (Wildman–Crippen MR) is 121 cm³/mol. The summed E-state index contributed by atoms with van der Waals surface area (Å²) in [6, 6.07) is 18.7. The molecule has 3 aromatic rings. The van der Waals surface area contributed by atoms with Crippen molar-refractivity contribution in [3.8, 4) is 23.6 Å². The van der Waals surface area contributed by atoms with Crippen LogP contribution in [0.15, 0.2) is 53.3 Å². The van der Waals surface area contributed by atoms with Gasteiger partial charge in [0.15, 0.2) is 0 Å². The second-order valence-electron chi connectivity index (χ2n) is 7.10. The van der Waals surface area contributed by atoms with E-state index in [1.165, 1.54) is 11.7 Å². The van der Waals surface area contributed by atoms with Gasteiger partial charge in [0, 0.05) is 5.92 Å². The van der Waals surface area contributed by atoms with Crippen LogP contribution >= 0.6 is 11.3 Å². The Morgan fingerprint density at radius 1 is 1.09 bits per heavy atom. The zero-order chi connectivity index (χ0) is 22.8. The molecule has 2 unspecified atom stereocenters. The van der Waals surface area contributed by atoms with Gasteiger partial charge in [-0.2, -0.15) is 10.5 Å². The Morgan fingerprint density at radius 3 is 2.44 bits per heavy atom. The van der Waals surface area contributed by atoms with Crippen LogP contribution < -0.4 is 24.2 Å². The maximum absolute atomic E-state index is 13.2. The highest BCUT2D eigenvalue weighted by atomic mass is 32.1. The second kappa shape index (κ2) is 8.54. The lowest BCUT2D eigenvalue weighted by Crippen LogP contribution is -2.45. The Kier molecular flexibility index (Phi) is 5.63. The van der Waals surface area contributed by atoms with Crippen molar-refractivity contribution in [1.82, 2.24) is 4.57 Å². The first-order chi connectivity index (χ1) is 15.5. The smallest absolute Gasteiger partial charge is 0.274 e. The van der Waals surface area contributed by atoms with Gasteiger partial charge in [0.2, 0.25) is 0 Å². The molecule has 0 bridgehead atoms. The molecule has 1 aromatic heterocycles. The Morgan fingerprint density at radius 2 is 1.78 bits per heavy atom. The Balaban J connectivity index is 2.00. The topological polar surface area (TPSA) is 112 Å². The van der Waals surface area contributed by atoms with Crippen molar-refractivity contribution >= 4 is 28.8 Å². The van der Waals surface area contributed by atoms with Crippen molar-refractivity contribution in [2.45, 2.75) is 5.92 Å². The maximum atomic E-state index is 13.2. The first-order valence-electron chi connectivity index (χ1n) is 9.66. The normalized spacial score (nSPS) is 17.9. The lowest BCUT2D eigenvalue weighted by atomic mass is 9.79. The monoisotopic (exact) mass is 442 g/mol. The van der Waals surface area contributed by atoms with Crippen molar-refractivity contribution in [2.24, 2.45) is 5.92 Å². The predicted octanol–water partition coefficient (Wildman–Crippen LogP) is 2.19. The molecule has 0 saturated heterocycles. The van der Waals surface area contributed by atoms with Gasteiger partial charge in [-0.25, -0.2) is 0 Å². The fourth-order valence-electron chi connectivity index (χ4n) is 3.81. The molecule has 1 aliphatic heterocycles. The van der Waals surface area contributed by atoms with E-state index in [0.29, 0.717) is 26.3 Å². The highest BCUT2D eigenvalue weighted by Crippen LogP contribution is 2.36. The largest absolute Gasteiger partial charge is 0.497 e. The molecule has 0 spiro atoms. The van der Waals surface area contributed by atoms with Gasteiger partial charge in [0.25, 0.3) is 5.56 Å². The van der Waals surface area contributed by atoms with Gasteiger partial charge >= 0.3 is 0 Å². The van der Waals surface area contributed by atoms with Crippen LogP contribution in [0, 0.1) is 34.0 Å². The van der Waals surface area contributed by atoms with Crippen LogP contribution in [0.5, 0.6) is 11.5 Å². The summed E-state index contributed by atoms with van der Waals surface area (Å²) in [7, 11) is 3.10. The number of hydrogen-bond donors (Lipinski definition) is 1. The summed E-state index contributed by atoms with van der Waals surface area (Å²) in [5, 5.41) is 28.5. The van der Waals surface area contributed by atoms with Crippen LogP contribution in [-0.4, -0.2) is 24.6 Å². The minimum atomic E-state index is -0.985. The van der Waals surface area contributed by atoms with Crippen molar-refractivity contribution in [3.05, 3.63) is 79.2 Å². The molecule has 2 atom stereocenters. The Labute approximate surface area is 187 Å².